The van der Waals surface area contributed by atoms with Crippen LogP contribution in [0, 0.1) is 0 Å². The number of aromatic nitrogens is 2. The number of hydrogen-bond donors (Lipinski definition) is 1. The molecule has 2 aromatic heterocycles. The average molecular weight is 468 g/mol. The number of benzene rings is 2. The van der Waals surface area contributed by atoms with Gasteiger partial charge in [0.05, 0.1) is 28.4 Å². The predicted octanol–water partition coefficient (Wildman–Crippen LogP) is 6.01. The second-order valence-electron chi connectivity index (χ2n) is 7.84. The average Bonchev–Trinajstić information content (AvgIpc) is 3.12. The van der Waals surface area contributed by atoms with Gasteiger partial charge in [-0.2, -0.15) is 13.2 Å². The number of carboxylic acids is 1. The number of ether oxygens (including phenoxy) is 1. The van der Waals surface area contributed by atoms with Crippen LogP contribution >= 0.6 is 0 Å². The highest BCUT2D eigenvalue weighted by molar-refractivity contribution is 6.09. The van der Waals surface area contributed by atoms with Crippen LogP contribution in [-0.2, 0) is 6.18 Å². The van der Waals surface area contributed by atoms with Crippen molar-refractivity contribution in [3.63, 3.8) is 0 Å². The molecule has 0 radical (unpaired) electrons. The summed E-state index contributed by atoms with van der Waals surface area (Å²) in [6, 6.07) is 13.7. The molecular formula is C25H19F3N2O4. The number of fused-ring (bicyclic) bond motifs is 1. The summed E-state index contributed by atoms with van der Waals surface area (Å²) in [6.45, 7) is 3.77. The highest BCUT2D eigenvalue weighted by Gasteiger charge is 2.30. The van der Waals surface area contributed by atoms with Crippen LogP contribution in [0.15, 0.2) is 60.8 Å². The van der Waals surface area contributed by atoms with Crippen molar-refractivity contribution in [1.29, 1.82) is 0 Å². The van der Waals surface area contributed by atoms with E-state index in [1.54, 1.807) is 42.5 Å². The highest BCUT2D eigenvalue weighted by Crippen LogP contribution is 2.34. The SMILES string of the molecule is CC(C)Oc1ccc(-n2c(C(=O)O)c(C=O)c3cc(-c4ccc(C(F)(F)F)cn4)ccc32)cc1. The predicted molar refractivity (Wildman–Crippen MR) is 120 cm³/mol. The van der Waals surface area contributed by atoms with Gasteiger partial charge in [0.15, 0.2) is 6.29 Å². The zero-order chi connectivity index (χ0) is 24.6. The van der Waals surface area contributed by atoms with Crippen molar-refractivity contribution in [2.45, 2.75) is 26.1 Å². The molecule has 0 unspecified atom stereocenters. The van der Waals surface area contributed by atoms with Crippen LogP contribution in [-0.4, -0.2) is 33.0 Å². The Kier molecular flexibility index (Phi) is 5.87. The van der Waals surface area contributed by atoms with E-state index in [9.17, 15) is 27.9 Å². The van der Waals surface area contributed by atoms with E-state index in [-0.39, 0.29) is 23.1 Å². The van der Waals surface area contributed by atoms with Gasteiger partial charge in [-0.3, -0.25) is 9.78 Å². The largest absolute Gasteiger partial charge is 0.491 e. The van der Waals surface area contributed by atoms with Crippen molar-refractivity contribution in [2.24, 2.45) is 0 Å². The van der Waals surface area contributed by atoms with Crippen molar-refractivity contribution in [2.75, 3.05) is 0 Å². The van der Waals surface area contributed by atoms with Gasteiger partial charge in [-0.05, 0) is 62.4 Å². The van der Waals surface area contributed by atoms with Crippen molar-refractivity contribution >= 4 is 23.2 Å². The summed E-state index contributed by atoms with van der Waals surface area (Å²) in [7, 11) is 0. The molecule has 0 aliphatic carbocycles. The summed E-state index contributed by atoms with van der Waals surface area (Å²) in [5.74, 6) is -0.687. The summed E-state index contributed by atoms with van der Waals surface area (Å²) in [5, 5.41) is 10.2. The number of carbonyl (C=O) groups excluding carboxylic acids is 1. The number of aldehydes is 1. The van der Waals surface area contributed by atoms with Crippen LogP contribution in [0.4, 0.5) is 13.2 Å². The molecule has 0 atom stereocenters. The quantitative estimate of drug-likeness (QED) is 0.351. The first-order valence-electron chi connectivity index (χ1n) is 10.3. The maximum atomic E-state index is 12.9. The third-order valence-corrected chi connectivity index (χ3v) is 5.18. The van der Waals surface area contributed by atoms with Gasteiger partial charge in [-0.25, -0.2) is 4.79 Å². The Morgan fingerprint density at radius 3 is 2.32 bits per heavy atom. The molecule has 174 valence electrons. The smallest absolute Gasteiger partial charge is 0.417 e. The van der Waals surface area contributed by atoms with E-state index in [0.717, 1.165) is 12.3 Å². The normalized spacial score (nSPS) is 11.7. The Labute approximate surface area is 192 Å². The number of carboxylic acid groups (broad SMARTS) is 1. The fourth-order valence-corrected chi connectivity index (χ4v) is 3.75. The molecule has 0 aliphatic rings. The van der Waals surface area contributed by atoms with Gasteiger partial charge in [-0.15, -0.1) is 0 Å². The highest BCUT2D eigenvalue weighted by atomic mass is 19.4. The molecule has 9 heteroatoms. The van der Waals surface area contributed by atoms with Crippen molar-refractivity contribution in [3.8, 4) is 22.7 Å². The van der Waals surface area contributed by atoms with Gasteiger partial charge in [0.2, 0.25) is 0 Å². The third kappa shape index (κ3) is 4.24. The molecule has 0 amide bonds. The second-order valence-corrected chi connectivity index (χ2v) is 7.84. The van der Waals surface area contributed by atoms with Crippen LogP contribution in [0.25, 0.3) is 27.8 Å². The fourth-order valence-electron chi connectivity index (χ4n) is 3.75. The maximum absolute atomic E-state index is 12.9. The molecule has 0 saturated heterocycles. The molecule has 2 aromatic carbocycles. The first kappa shape index (κ1) is 23.0. The van der Waals surface area contributed by atoms with E-state index in [1.165, 1.54) is 10.6 Å². The van der Waals surface area contributed by atoms with Crippen molar-refractivity contribution in [3.05, 3.63) is 77.6 Å². The minimum Gasteiger partial charge on any atom is -0.491 e. The second kappa shape index (κ2) is 8.66. The molecule has 0 bridgehead atoms. The van der Waals surface area contributed by atoms with Crippen LogP contribution in [0.5, 0.6) is 5.75 Å². The molecule has 0 spiro atoms. The number of aromatic carboxylic acids is 1. The lowest BCUT2D eigenvalue weighted by Gasteiger charge is -2.12. The van der Waals surface area contributed by atoms with E-state index in [4.69, 9.17) is 4.74 Å². The van der Waals surface area contributed by atoms with Crippen LogP contribution in [0.1, 0.15) is 40.3 Å². The zero-order valence-corrected chi connectivity index (χ0v) is 18.1. The monoisotopic (exact) mass is 468 g/mol. The molecule has 2 heterocycles. The van der Waals surface area contributed by atoms with Crippen molar-refractivity contribution < 1.29 is 32.6 Å². The standard InChI is InChI=1S/C25H19F3N2O4/c1-14(2)34-18-7-5-17(6-8-18)30-22-10-3-15(11-19(22)20(13-31)23(30)24(32)33)21-9-4-16(12-29-21)25(26,27)28/h3-14H,1-2H3,(H,32,33). The molecular weight excluding hydrogens is 449 g/mol. The molecule has 0 fully saturated rings. The van der Waals surface area contributed by atoms with Crippen LogP contribution < -0.4 is 4.74 Å². The summed E-state index contributed by atoms with van der Waals surface area (Å²) in [4.78, 5) is 27.9. The maximum Gasteiger partial charge on any atom is 0.417 e. The number of carbonyl (C=O) groups is 2. The van der Waals surface area contributed by atoms with Crippen molar-refractivity contribution in [1.82, 2.24) is 9.55 Å². The van der Waals surface area contributed by atoms with E-state index < -0.39 is 17.7 Å². The van der Waals surface area contributed by atoms with E-state index in [2.05, 4.69) is 4.98 Å². The van der Waals surface area contributed by atoms with Gasteiger partial charge >= 0.3 is 12.1 Å². The Bertz CT molecular complexity index is 1370. The molecule has 4 aromatic rings. The van der Waals surface area contributed by atoms with Crippen LogP contribution in [0.3, 0.4) is 0 Å². The molecule has 4 rings (SSSR count). The summed E-state index contributed by atoms with van der Waals surface area (Å²) < 4.78 is 45.6. The molecule has 0 saturated carbocycles. The van der Waals surface area contributed by atoms with Crippen LogP contribution in [0.2, 0.25) is 0 Å². The fraction of sp³-hybridized carbons (Fsp3) is 0.160. The third-order valence-electron chi connectivity index (χ3n) is 5.18. The number of alkyl halides is 3. The number of hydrogen-bond acceptors (Lipinski definition) is 4. The van der Waals surface area contributed by atoms with Gasteiger partial charge in [0.1, 0.15) is 11.4 Å². The Morgan fingerprint density at radius 2 is 1.79 bits per heavy atom. The van der Waals surface area contributed by atoms with Gasteiger partial charge in [0.25, 0.3) is 0 Å². The first-order valence-corrected chi connectivity index (χ1v) is 10.3. The molecule has 0 aliphatic heterocycles. The topological polar surface area (TPSA) is 81.4 Å². The van der Waals surface area contributed by atoms with E-state index >= 15 is 0 Å². The Morgan fingerprint density at radius 1 is 1.09 bits per heavy atom. The minimum absolute atomic E-state index is 0.0354. The zero-order valence-electron chi connectivity index (χ0n) is 18.1. The summed E-state index contributed by atoms with van der Waals surface area (Å²) >= 11 is 0. The summed E-state index contributed by atoms with van der Waals surface area (Å²) in [5.41, 5.74) is 0.513. The number of rotatable bonds is 6. The molecule has 1 N–H and O–H groups in total. The van der Waals surface area contributed by atoms with E-state index in [1.807, 2.05) is 13.8 Å². The number of pyridine rings is 1. The molecule has 6 nitrogen and oxygen atoms in total. The lowest BCUT2D eigenvalue weighted by atomic mass is 10.1. The van der Waals surface area contributed by atoms with Gasteiger partial charge < -0.3 is 14.4 Å². The number of nitrogens with zero attached hydrogens (tertiary/aromatic N) is 2. The first-order chi connectivity index (χ1) is 16.1. The summed E-state index contributed by atoms with van der Waals surface area (Å²) in [6.07, 6.45) is -3.35. The number of halogens is 3. The lowest BCUT2D eigenvalue weighted by Crippen LogP contribution is -2.09. The Hall–Kier alpha value is -4.14. The van der Waals surface area contributed by atoms with E-state index in [0.29, 0.717) is 34.2 Å². The molecule has 34 heavy (non-hydrogen) atoms. The Balaban J connectivity index is 1.87. The van der Waals surface area contributed by atoms with Gasteiger partial charge in [-0.1, -0.05) is 6.07 Å². The lowest BCUT2D eigenvalue weighted by molar-refractivity contribution is -0.137. The van der Waals surface area contributed by atoms with Gasteiger partial charge in [0, 0.05) is 22.8 Å². The minimum atomic E-state index is -4.51.